The Hall–Kier alpha value is -1.74. The van der Waals surface area contributed by atoms with Crippen LogP contribution in [0.3, 0.4) is 0 Å². The van der Waals surface area contributed by atoms with E-state index in [1.165, 1.54) is 11.8 Å². The van der Waals surface area contributed by atoms with Crippen molar-refractivity contribution in [1.82, 2.24) is 20.2 Å². The summed E-state index contributed by atoms with van der Waals surface area (Å²) < 4.78 is 0. The van der Waals surface area contributed by atoms with Crippen LogP contribution < -0.4 is 15.1 Å². The lowest BCUT2D eigenvalue weighted by atomic mass is 10.2. The molecule has 192 valence electrons. The molecule has 1 atom stereocenters. The Morgan fingerprint density at radius 1 is 1.11 bits per heavy atom. The van der Waals surface area contributed by atoms with Crippen molar-refractivity contribution in [1.29, 1.82) is 0 Å². The lowest BCUT2D eigenvalue weighted by Crippen LogP contribution is -2.46. The van der Waals surface area contributed by atoms with E-state index in [1.807, 2.05) is 18.2 Å². The van der Waals surface area contributed by atoms with Crippen LogP contribution in [0.1, 0.15) is 33.6 Å². The van der Waals surface area contributed by atoms with Gasteiger partial charge in [-0.3, -0.25) is 4.79 Å². The minimum atomic E-state index is -0.00870. The standard InChI is InChI=1S/C25H36Cl2N6OS/c1-4-31(5-2)11-7-8-19(3)28-24(34)18-35-25-29-22(27)17-23(30-25)33-14-12-32(13-15-33)21-10-6-9-20(26)16-21/h6,9-10,16-17,19H,4-5,7-8,11-15,18H2,1-3H3,(H,28,34). The van der Waals surface area contributed by atoms with Crippen LogP contribution in [0.2, 0.25) is 10.2 Å². The number of amides is 1. The number of halogens is 2. The third-order valence-corrected chi connectivity index (χ3v) is 7.46. The van der Waals surface area contributed by atoms with Gasteiger partial charge in [0.15, 0.2) is 5.16 Å². The number of piperazine rings is 1. The smallest absolute Gasteiger partial charge is 0.230 e. The van der Waals surface area contributed by atoms with Crippen LogP contribution in [0, 0.1) is 0 Å². The van der Waals surface area contributed by atoms with Crippen molar-refractivity contribution in [2.75, 3.05) is 61.4 Å². The molecular formula is C25H36Cl2N6OS. The van der Waals surface area contributed by atoms with Crippen LogP contribution in [0.4, 0.5) is 11.5 Å². The molecule has 7 nitrogen and oxygen atoms in total. The molecular weight excluding hydrogens is 503 g/mol. The summed E-state index contributed by atoms with van der Waals surface area (Å²) in [5.41, 5.74) is 1.13. The van der Waals surface area contributed by atoms with Gasteiger partial charge in [-0.15, -0.1) is 0 Å². The summed E-state index contributed by atoms with van der Waals surface area (Å²) in [7, 11) is 0. The van der Waals surface area contributed by atoms with Crippen molar-refractivity contribution in [2.45, 2.75) is 44.8 Å². The lowest BCUT2D eigenvalue weighted by Gasteiger charge is -2.36. The predicted octanol–water partition coefficient (Wildman–Crippen LogP) is 4.83. The van der Waals surface area contributed by atoms with Crippen LogP contribution in [-0.2, 0) is 4.79 Å². The van der Waals surface area contributed by atoms with Gasteiger partial charge in [-0.1, -0.05) is 54.9 Å². The first-order chi connectivity index (χ1) is 16.9. The molecule has 1 aromatic carbocycles. The van der Waals surface area contributed by atoms with Crippen LogP contribution in [-0.4, -0.2) is 78.4 Å². The fraction of sp³-hybridized carbons (Fsp3) is 0.560. The second-order valence-corrected chi connectivity index (χ2v) is 10.5. The molecule has 1 aromatic heterocycles. The number of aromatic nitrogens is 2. The molecule has 1 saturated heterocycles. The summed E-state index contributed by atoms with van der Waals surface area (Å²) in [5.74, 6) is 1.05. The van der Waals surface area contributed by atoms with Gasteiger partial charge in [0.25, 0.3) is 0 Å². The number of nitrogens with zero attached hydrogens (tertiary/aromatic N) is 5. The van der Waals surface area contributed by atoms with Crippen LogP contribution in [0.5, 0.6) is 0 Å². The average molecular weight is 540 g/mol. The van der Waals surface area contributed by atoms with Gasteiger partial charge in [0, 0.05) is 49.0 Å². The molecule has 35 heavy (non-hydrogen) atoms. The zero-order chi connectivity index (χ0) is 25.2. The largest absolute Gasteiger partial charge is 0.368 e. The summed E-state index contributed by atoms with van der Waals surface area (Å²) in [4.78, 5) is 28.4. The molecule has 1 unspecified atom stereocenters. The van der Waals surface area contributed by atoms with Crippen LogP contribution in [0.25, 0.3) is 0 Å². The van der Waals surface area contributed by atoms with Crippen molar-refractivity contribution in [2.24, 2.45) is 0 Å². The highest BCUT2D eigenvalue weighted by Gasteiger charge is 2.20. The number of carbonyl (C=O) groups excluding carboxylic acids is 1. The van der Waals surface area contributed by atoms with Gasteiger partial charge >= 0.3 is 0 Å². The van der Waals surface area contributed by atoms with Crippen molar-refractivity contribution < 1.29 is 4.79 Å². The van der Waals surface area contributed by atoms with Gasteiger partial charge < -0.3 is 20.0 Å². The fourth-order valence-electron chi connectivity index (χ4n) is 4.16. The Morgan fingerprint density at radius 2 is 1.83 bits per heavy atom. The molecule has 10 heteroatoms. The molecule has 1 N–H and O–H groups in total. The van der Waals surface area contributed by atoms with Crippen molar-refractivity contribution in [3.8, 4) is 0 Å². The molecule has 1 amide bonds. The van der Waals surface area contributed by atoms with Gasteiger partial charge in [-0.2, -0.15) is 0 Å². The molecule has 2 heterocycles. The van der Waals surface area contributed by atoms with E-state index < -0.39 is 0 Å². The molecule has 1 aliphatic rings. The van der Waals surface area contributed by atoms with Crippen molar-refractivity contribution >= 4 is 52.4 Å². The lowest BCUT2D eigenvalue weighted by molar-refractivity contribution is -0.119. The van der Waals surface area contributed by atoms with Gasteiger partial charge in [-0.25, -0.2) is 9.97 Å². The number of nitrogens with one attached hydrogen (secondary N) is 1. The Labute approximate surface area is 223 Å². The maximum absolute atomic E-state index is 12.4. The molecule has 0 spiro atoms. The molecule has 0 radical (unpaired) electrons. The molecule has 1 aliphatic heterocycles. The molecule has 2 aromatic rings. The number of rotatable bonds is 12. The molecule has 3 rings (SSSR count). The normalized spacial score (nSPS) is 14.9. The maximum atomic E-state index is 12.4. The summed E-state index contributed by atoms with van der Waals surface area (Å²) in [6.07, 6.45) is 2.04. The highest BCUT2D eigenvalue weighted by molar-refractivity contribution is 7.99. The Kier molecular flexibility index (Phi) is 11.2. The number of hydrogen-bond donors (Lipinski definition) is 1. The number of carbonyl (C=O) groups is 1. The topological polar surface area (TPSA) is 64.6 Å². The van der Waals surface area contributed by atoms with E-state index in [4.69, 9.17) is 23.2 Å². The Morgan fingerprint density at radius 3 is 2.51 bits per heavy atom. The van der Waals surface area contributed by atoms with E-state index in [0.29, 0.717) is 10.3 Å². The van der Waals surface area contributed by atoms with Crippen molar-refractivity contribution in [3.63, 3.8) is 0 Å². The summed E-state index contributed by atoms with van der Waals surface area (Å²) >= 11 is 13.8. The first-order valence-corrected chi connectivity index (χ1v) is 14.1. The zero-order valence-corrected chi connectivity index (χ0v) is 23.2. The third kappa shape index (κ3) is 9.01. The van der Waals surface area contributed by atoms with Gasteiger partial charge in [0.2, 0.25) is 5.91 Å². The van der Waals surface area contributed by atoms with Gasteiger partial charge in [-0.05, 0) is 57.6 Å². The fourth-order valence-corrected chi connectivity index (χ4v) is 5.24. The highest BCUT2D eigenvalue weighted by Crippen LogP contribution is 2.25. The zero-order valence-electron chi connectivity index (χ0n) is 20.8. The molecule has 1 fully saturated rings. The summed E-state index contributed by atoms with van der Waals surface area (Å²) in [6.45, 7) is 13.0. The Balaban J connectivity index is 1.46. The molecule has 0 saturated carbocycles. The minimum Gasteiger partial charge on any atom is -0.368 e. The van der Waals surface area contributed by atoms with E-state index in [1.54, 1.807) is 6.07 Å². The number of benzene rings is 1. The van der Waals surface area contributed by atoms with Gasteiger partial charge in [0.05, 0.1) is 5.75 Å². The van der Waals surface area contributed by atoms with Crippen LogP contribution >= 0.6 is 35.0 Å². The maximum Gasteiger partial charge on any atom is 0.230 e. The van der Waals surface area contributed by atoms with Crippen molar-refractivity contribution in [3.05, 3.63) is 40.5 Å². The number of thioether (sulfide) groups is 1. The first-order valence-electron chi connectivity index (χ1n) is 12.3. The third-order valence-electron chi connectivity index (χ3n) is 6.18. The quantitative estimate of drug-likeness (QED) is 0.236. The van der Waals surface area contributed by atoms with E-state index in [-0.39, 0.29) is 17.7 Å². The summed E-state index contributed by atoms with van der Waals surface area (Å²) in [6, 6.07) is 9.86. The van der Waals surface area contributed by atoms with E-state index in [9.17, 15) is 4.79 Å². The molecule has 0 aliphatic carbocycles. The van der Waals surface area contributed by atoms with E-state index in [0.717, 1.165) is 75.2 Å². The first kappa shape index (κ1) is 27.8. The summed E-state index contributed by atoms with van der Waals surface area (Å²) in [5, 5.41) is 4.74. The number of anilines is 2. The van der Waals surface area contributed by atoms with E-state index in [2.05, 4.69) is 56.8 Å². The Bertz CT molecular complexity index is 953. The second-order valence-electron chi connectivity index (χ2n) is 8.71. The van der Waals surface area contributed by atoms with Crippen LogP contribution in [0.15, 0.2) is 35.5 Å². The monoisotopic (exact) mass is 538 g/mol. The minimum absolute atomic E-state index is 0.00870. The number of hydrogen-bond acceptors (Lipinski definition) is 7. The molecule has 0 bridgehead atoms. The predicted molar refractivity (Wildman–Crippen MR) is 148 cm³/mol. The highest BCUT2D eigenvalue weighted by atomic mass is 35.5. The average Bonchev–Trinajstić information content (AvgIpc) is 2.85. The second kappa shape index (κ2) is 14.1. The van der Waals surface area contributed by atoms with Gasteiger partial charge in [0.1, 0.15) is 11.0 Å². The SMILES string of the molecule is CCN(CC)CCCC(C)NC(=O)CSc1nc(Cl)cc(N2CCN(c3cccc(Cl)c3)CC2)n1. The van der Waals surface area contributed by atoms with E-state index >= 15 is 0 Å².